The van der Waals surface area contributed by atoms with Crippen LogP contribution < -0.4 is 9.88 Å². The summed E-state index contributed by atoms with van der Waals surface area (Å²) in [5.41, 5.74) is 0.298. The van der Waals surface area contributed by atoms with Crippen molar-refractivity contribution >= 4 is 20.9 Å². The molecule has 98 valence electrons. The van der Waals surface area contributed by atoms with E-state index in [1.807, 2.05) is 0 Å². The molecule has 5 nitrogen and oxygen atoms in total. The number of primary sulfonamides is 1. The van der Waals surface area contributed by atoms with Crippen LogP contribution in [0.1, 0.15) is 6.92 Å². The molecule has 0 radical (unpaired) electrons. The zero-order valence-electron chi connectivity index (χ0n) is 10.3. The molecule has 1 heterocycles. The monoisotopic (exact) mass is 276 g/mol. The lowest BCUT2D eigenvalue weighted by Crippen LogP contribution is -2.13. The van der Waals surface area contributed by atoms with Gasteiger partial charge in [0.1, 0.15) is 17.3 Å². The zero-order chi connectivity index (χ0) is 13.9. The summed E-state index contributed by atoms with van der Waals surface area (Å²) in [5, 5.41) is 5.75. The molecule has 0 aliphatic rings. The van der Waals surface area contributed by atoms with Crippen LogP contribution in [-0.2, 0) is 10.0 Å². The molecule has 2 rings (SSSR count). The molecule has 0 bridgehead atoms. The van der Waals surface area contributed by atoms with Crippen molar-refractivity contribution < 1.29 is 13.2 Å². The van der Waals surface area contributed by atoms with Crippen LogP contribution in [0.25, 0.3) is 10.9 Å². The average Bonchev–Trinajstić information content (AvgIpc) is 2.37. The number of nitrogens with two attached hydrogens (primary N) is 1. The van der Waals surface area contributed by atoms with Crippen molar-refractivity contribution in [3.63, 3.8) is 0 Å². The molecule has 19 heavy (non-hydrogen) atoms. The predicted molar refractivity (Wildman–Crippen MR) is 72.1 cm³/mol. The number of benzene rings is 1. The van der Waals surface area contributed by atoms with Gasteiger partial charge in [0.25, 0.3) is 0 Å². The Balaban J connectivity index is 2.61. The maximum Gasteiger partial charge on any atom is 0.240 e. The molecule has 1 aromatic carbocycles. The van der Waals surface area contributed by atoms with Gasteiger partial charge in [0.05, 0.1) is 5.52 Å². The molecule has 0 saturated heterocycles. The van der Waals surface area contributed by atoms with Crippen molar-refractivity contribution in [2.75, 3.05) is 6.61 Å². The van der Waals surface area contributed by atoms with Crippen LogP contribution in [0, 0.1) is 11.8 Å². The van der Waals surface area contributed by atoms with Gasteiger partial charge in [0.2, 0.25) is 10.0 Å². The molecule has 0 aliphatic carbocycles. The molecule has 1 aromatic heterocycles. The fourth-order valence-corrected chi connectivity index (χ4v) is 2.35. The van der Waals surface area contributed by atoms with Crippen molar-refractivity contribution in [2.24, 2.45) is 5.14 Å². The third-order valence-corrected chi connectivity index (χ3v) is 3.42. The number of sulfonamides is 1. The highest BCUT2D eigenvalue weighted by molar-refractivity contribution is 7.89. The lowest BCUT2D eigenvalue weighted by molar-refractivity contribution is 0.374. The van der Waals surface area contributed by atoms with Gasteiger partial charge in [-0.05, 0) is 31.2 Å². The van der Waals surface area contributed by atoms with E-state index in [1.54, 1.807) is 25.1 Å². The van der Waals surface area contributed by atoms with Crippen LogP contribution >= 0.6 is 0 Å². The van der Waals surface area contributed by atoms with Crippen molar-refractivity contribution in [1.29, 1.82) is 0 Å². The summed E-state index contributed by atoms with van der Waals surface area (Å²) in [6, 6.07) is 6.37. The van der Waals surface area contributed by atoms with E-state index < -0.39 is 10.0 Å². The largest absolute Gasteiger partial charge is 0.480 e. The molecule has 0 unspecified atom stereocenters. The van der Waals surface area contributed by atoms with Crippen LogP contribution in [-0.4, -0.2) is 20.0 Å². The smallest absolute Gasteiger partial charge is 0.240 e. The zero-order valence-corrected chi connectivity index (χ0v) is 11.1. The number of ether oxygens (including phenoxy) is 1. The van der Waals surface area contributed by atoms with Gasteiger partial charge in [0.15, 0.2) is 0 Å². The van der Waals surface area contributed by atoms with Crippen molar-refractivity contribution in [1.82, 2.24) is 4.98 Å². The van der Waals surface area contributed by atoms with Crippen molar-refractivity contribution in [2.45, 2.75) is 11.8 Å². The van der Waals surface area contributed by atoms with E-state index in [9.17, 15) is 8.42 Å². The number of nitrogens with zero attached hydrogens (tertiary/aromatic N) is 1. The molecule has 0 amide bonds. The number of pyridine rings is 1. The molecule has 2 N–H and O–H groups in total. The highest BCUT2D eigenvalue weighted by Crippen LogP contribution is 2.28. The van der Waals surface area contributed by atoms with Gasteiger partial charge in [0, 0.05) is 11.6 Å². The second-order valence-electron chi connectivity index (χ2n) is 3.72. The van der Waals surface area contributed by atoms with Crippen LogP contribution in [0.5, 0.6) is 5.75 Å². The van der Waals surface area contributed by atoms with Gasteiger partial charge in [-0.15, -0.1) is 5.92 Å². The van der Waals surface area contributed by atoms with E-state index in [0.29, 0.717) is 16.7 Å². The SMILES string of the molecule is CC#CCOc1ccc(S(N)(=O)=O)c2ncccc12. The number of aromatic nitrogens is 1. The number of hydrogen-bond acceptors (Lipinski definition) is 4. The Morgan fingerprint density at radius 3 is 2.84 bits per heavy atom. The minimum atomic E-state index is -3.82. The second kappa shape index (κ2) is 5.26. The lowest BCUT2D eigenvalue weighted by Gasteiger charge is -2.09. The quantitative estimate of drug-likeness (QED) is 0.856. The second-order valence-corrected chi connectivity index (χ2v) is 5.25. The Hall–Kier alpha value is -2.10. The van der Waals surface area contributed by atoms with E-state index in [-0.39, 0.29) is 11.5 Å². The Morgan fingerprint density at radius 1 is 1.37 bits per heavy atom. The van der Waals surface area contributed by atoms with E-state index in [2.05, 4.69) is 16.8 Å². The Bertz CT molecular complexity index is 773. The molecule has 0 saturated carbocycles. The minimum absolute atomic E-state index is 0.0166. The summed E-state index contributed by atoms with van der Waals surface area (Å²) in [5.74, 6) is 6.01. The topological polar surface area (TPSA) is 82.3 Å². The molecular formula is C13H12N2O3S. The fourth-order valence-electron chi connectivity index (χ4n) is 1.66. The highest BCUT2D eigenvalue weighted by atomic mass is 32.2. The van der Waals surface area contributed by atoms with Crippen LogP contribution in [0.4, 0.5) is 0 Å². The highest BCUT2D eigenvalue weighted by Gasteiger charge is 2.15. The first kappa shape index (κ1) is 13.3. The molecule has 0 fully saturated rings. The molecule has 6 heteroatoms. The van der Waals surface area contributed by atoms with E-state index in [1.165, 1.54) is 12.3 Å². The number of rotatable bonds is 3. The van der Waals surface area contributed by atoms with Gasteiger partial charge in [-0.25, -0.2) is 13.6 Å². The summed E-state index contributed by atoms with van der Waals surface area (Å²) >= 11 is 0. The van der Waals surface area contributed by atoms with Crippen LogP contribution in [0.2, 0.25) is 0 Å². The van der Waals surface area contributed by atoms with Crippen LogP contribution in [0.3, 0.4) is 0 Å². The van der Waals surface area contributed by atoms with E-state index >= 15 is 0 Å². The van der Waals surface area contributed by atoms with Gasteiger partial charge < -0.3 is 4.74 Å². The average molecular weight is 276 g/mol. The number of fused-ring (bicyclic) bond motifs is 1. The van der Waals surface area contributed by atoms with Gasteiger partial charge >= 0.3 is 0 Å². The lowest BCUT2D eigenvalue weighted by atomic mass is 10.2. The summed E-state index contributed by atoms with van der Waals surface area (Å²) in [7, 11) is -3.82. The van der Waals surface area contributed by atoms with Gasteiger partial charge in [-0.3, -0.25) is 4.98 Å². The third kappa shape index (κ3) is 2.84. The normalized spacial score (nSPS) is 10.8. The van der Waals surface area contributed by atoms with Gasteiger partial charge in [-0.1, -0.05) is 5.92 Å². The summed E-state index contributed by atoms with van der Waals surface area (Å²) in [4.78, 5) is 4.04. The molecule has 0 atom stereocenters. The maximum atomic E-state index is 11.5. The summed E-state index contributed by atoms with van der Waals surface area (Å²) in [6.07, 6.45) is 1.51. The molecule has 2 aromatic rings. The Morgan fingerprint density at radius 2 is 2.16 bits per heavy atom. The van der Waals surface area contributed by atoms with Crippen molar-refractivity contribution in [3.05, 3.63) is 30.5 Å². The Labute approximate surface area is 111 Å². The molecule has 0 aliphatic heterocycles. The first-order valence-corrected chi connectivity index (χ1v) is 7.01. The standard InChI is InChI=1S/C13H12N2O3S/c1-2-3-9-18-11-6-7-12(19(14,16)17)13-10(11)5-4-8-15-13/h4-8H,9H2,1H3,(H2,14,16,17). The summed E-state index contributed by atoms with van der Waals surface area (Å²) in [6.45, 7) is 1.95. The first-order chi connectivity index (χ1) is 9.04. The number of hydrogen-bond donors (Lipinski definition) is 1. The Kier molecular flexibility index (Phi) is 3.69. The van der Waals surface area contributed by atoms with Crippen LogP contribution in [0.15, 0.2) is 35.4 Å². The summed E-state index contributed by atoms with van der Waals surface area (Å²) < 4.78 is 28.5. The van der Waals surface area contributed by atoms with Crippen molar-refractivity contribution in [3.8, 4) is 17.6 Å². The van der Waals surface area contributed by atoms with Gasteiger partial charge in [-0.2, -0.15) is 0 Å². The van der Waals surface area contributed by atoms with E-state index in [4.69, 9.17) is 9.88 Å². The minimum Gasteiger partial charge on any atom is -0.480 e. The fraction of sp³-hybridized carbons (Fsp3) is 0.154. The molecular weight excluding hydrogens is 264 g/mol. The third-order valence-electron chi connectivity index (χ3n) is 2.48. The first-order valence-electron chi connectivity index (χ1n) is 5.47. The predicted octanol–water partition coefficient (Wildman–Crippen LogP) is 1.28. The van der Waals surface area contributed by atoms with E-state index in [0.717, 1.165) is 0 Å². The molecule has 0 spiro atoms. The maximum absolute atomic E-state index is 11.5.